The van der Waals surface area contributed by atoms with E-state index in [0.717, 1.165) is 29.7 Å². The van der Waals surface area contributed by atoms with Gasteiger partial charge in [0.2, 0.25) is 5.91 Å². The van der Waals surface area contributed by atoms with Gasteiger partial charge in [0.1, 0.15) is 6.10 Å². The first-order chi connectivity index (χ1) is 12.2. The Morgan fingerprint density at radius 3 is 2.72 bits per heavy atom. The van der Waals surface area contributed by atoms with Gasteiger partial charge in [0.15, 0.2) is 0 Å². The summed E-state index contributed by atoms with van der Waals surface area (Å²) in [6.07, 6.45) is 2.34. The summed E-state index contributed by atoms with van der Waals surface area (Å²) in [7, 11) is 0. The van der Waals surface area contributed by atoms with Gasteiger partial charge in [-0.3, -0.25) is 4.79 Å². The van der Waals surface area contributed by atoms with E-state index in [1.807, 2.05) is 52.7 Å². The van der Waals surface area contributed by atoms with Gasteiger partial charge in [0, 0.05) is 17.3 Å². The minimum absolute atomic E-state index is 0.00996. The van der Waals surface area contributed by atoms with Gasteiger partial charge in [-0.25, -0.2) is 0 Å². The van der Waals surface area contributed by atoms with Crippen molar-refractivity contribution < 1.29 is 9.90 Å². The highest BCUT2D eigenvalue weighted by molar-refractivity contribution is 7.10. The van der Waals surface area contributed by atoms with E-state index in [1.165, 1.54) is 11.3 Å². The van der Waals surface area contributed by atoms with E-state index < -0.39 is 6.10 Å². The van der Waals surface area contributed by atoms with Crippen LogP contribution in [0.3, 0.4) is 0 Å². The Balaban J connectivity index is 1.77. The van der Waals surface area contributed by atoms with E-state index in [-0.39, 0.29) is 17.7 Å². The Morgan fingerprint density at radius 1 is 1.24 bits per heavy atom. The Hall–Kier alpha value is -1.69. The summed E-state index contributed by atoms with van der Waals surface area (Å²) >= 11 is 1.52. The molecule has 1 unspecified atom stereocenters. The minimum atomic E-state index is -0.648. The normalized spacial score (nSPS) is 21.2. The van der Waals surface area contributed by atoms with Gasteiger partial charge in [-0.1, -0.05) is 42.8 Å². The number of amides is 1. The summed E-state index contributed by atoms with van der Waals surface area (Å²) in [4.78, 5) is 15.9. The third-order valence-electron chi connectivity index (χ3n) is 5.07. The van der Waals surface area contributed by atoms with Crippen molar-refractivity contribution >= 4 is 17.2 Å². The fourth-order valence-electron chi connectivity index (χ4n) is 3.69. The molecule has 5 heteroatoms. The van der Waals surface area contributed by atoms with Crippen LogP contribution in [0.15, 0.2) is 47.8 Å². The SMILES string of the molecule is NC[C@H]1CCC[C@H]1C(=O)N(Cc1ccccc1)CC(O)c1cccs1. The molecule has 0 saturated heterocycles. The Bertz CT molecular complexity index is 660. The van der Waals surface area contributed by atoms with Crippen molar-refractivity contribution in [2.45, 2.75) is 31.9 Å². The van der Waals surface area contributed by atoms with Gasteiger partial charge in [0.25, 0.3) is 0 Å². The van der Waals surface area contributed by atoms with Gasteiger partial charge in [0.05, 0.1) is 6.54 Å². The van der Waals surface area contributed by atoms with Crippen LogP contribution in [0.25, 0.3) is 0 Å². The third kappa shape index (κ3) is 4.48. The Kier molecular flexibility index (Phi) is 6.24. The number of nitrogens with two attached hydrogens (primary N) is 1. The third-order valence-corrected chi connectivity index (χ3v) is 6.05. The van der Waals surface area contributed by atoms with Gasteiger partial charge >= 0.3 is 0 Å². The van der Waals surface area contributed by atoms with E-state index in [4.69, 9.17) is 5.73 Å². The predicted octanol–water partition coefficient (Wildman–Crippen LogP) is 3.19. The number of carbonyl (C=O) groups excluding carboxylic acids is 1. The van der Waals surface area contributed by atoms with Crippen LogP contribution in [-0.2, 0) is 11.3 Å². The van der Waals surface area contributed by atoms with Crippen LogP contribution in [-0.4, -0.2) is 29.0 Å². The highest BCUT2D eigenvalue weighted by Gasteiger charge is 2.35. The molecule has 1 saturated carbocycles. The average molecular weight is 359 g/mol. The first-order valence-corrected chi connectivity index (χ1v) is 9.81. The molecule has 3 N–H and O–H groups in total. The van der Waals surface area contributed by atoms with Crippen molar-refractivity contribution in [1.29, 1.82) is 0 Å². The van der Waals surface area contributed by atoms with Crippen molar-refractivity contribution in [1.82, 2.24) is 4.90 Å². The van der Waals surface area contributed by atoms with Crippen LogP contribution in [0.2, 0.25) is 0 Å². The minimum Gasteiger partial charge on any atom is -0.386 e. The highest BCUT2D eigenvalue weighted by Crippen LogP contribution is 2.33. The molecule has 1 aromatic carbocycles. The predicted molar refractivity (Wildman–Crippen MR) is 101 cm³/mol. The maximum Gasteiger partial charge on any atom is 0.226 e. The number of carbonyl (C=O) groups is 1. The average Bonchev–Trinajstić information content (AvgIpc) is 3.32. The molecule has 0 aliphatic heterocycles. The van der Waals surface area contributed by atoms with Crippen molar-refractivity contribution in [2.24, 2.45) is 17.6 Å². The Labute approximate surface area is 153 Å². The quantitative estimate of drug-likeness (QED) is 0.799. The number of aliphatic hydroxyl groups is 1. The molecule has 1 aromatic heterocycles. The van der Waals surface area contributed by atoms with Crippen molar-refractivity contribution in [3.8, 4) is 0 Å². The van der Waals surface area contributed by atoms with Crippen molar-refractivity contribution in [2.75, 3.05) is 13.1 Å². The van der Waals surface area contributed by atoms with Crippen LogP contribution in [0, 0.1) is 11.8 Å². The largest absolute Gasteiger partial charge is 0.386 e. The molecule has 134 valence electrons. The lowest BCUT2D eigenvalue weighted by atomic mass is 9.94. The zero-order valence-electron chi connectivity index (χ0n) is 14.4. The number of nitrogens with zero attached hydrogens (tertiary/aromatic N) is 1. The van der Waals surface area contributed by atoms with E-state index >= 15 is 0 Å². The standard InChI is InChI=1S/C20H26N2O2S/c21-12-16-8-4-9-17(16)20(24)22(13-15-6-2-1-3-7-15)14-18(23)19-10-5-11-25-19/h1-3,5-7,10-11,16-18,23H,4,8-9,12-14,21H2/t16-,17-,18?/m1/s1. The first-order valence-electron chi connectivity index (χ1n) is 8.93. The second-order valence-electron chi connectivity index (χ2n) is 6.77. The highest BCUT2D eigenvalue weighted by atomic mass is 32.1. The maximum atomic E-state index is 13.2. The molecule has 3 rings (SSSR count). The van der Waals surface area contributed by atoms with E-state index in [1.54, 1.807) is 0 Å². The number of hydrogen-bond donors (Lipinski definition) is 2. The lowest BCUT2D eigenvalue weighted by molar-refractivity contribution is -0.138. The van der Waals surface area contributed by atoms with Crippen LogP contribution in [0.1, 0.15) is 35.8 Å². The Morgan fingerprint density at radius 2 is 2.04 bits per heavy atom. The zero-order chi connectivity index (χ0) is 17.6. The topological polar surface area (TPSA) is 66.6 Å². The number of rotatable bonds is 7. The van der Waals surface area contributed by atoms with Crippen LogP contribution >= 0.6 is 11.3 Å². The number of hydrogen-bond acceptors (Lipinski definition) is 4. The molecule has 0 spiro atoms. The molecule has 1 fully saturated rings. The number of thiophene rings is 1. The van der Waals surface area contributed by atoms with E-state index in [2.05, 4.69) is 0 Å². The fourth-order valence-corrected chi connectivity index (χ4v) is 4.40. The molecule has 1 amide bonds. The molecule has 4 nitrogen and oxygen atoms in total. The molecule has 1 aliphatic carbocycles. The summed E-state index contributed by atoms with van der Waals surface area (Å²) in [5.74, 6) is 0.390. The van der Waals surface area contributed by atoms with Crippen molar-refractivity contribution in [3.05, 3.63) is 58.3 Å². The molecule has 25 heavy (non-hydrogen) atoms. The summed E-state index contributed by atoms with van der Waals surface area (Å²) in [5, 5.41) is 12.5. The molecule has 2 aromatic rings. The molecule has 3 atom stereocenters. The second-order valence-corrected chi connectivity index (χ2v) is 7.75. The molecular weight excluding hydrogens is 332 g/mol. The lowest BCUT2D eigenvalue weighted by Crippen LogP contribution is -2.40. The summed E-state index contributed by atoms with van der Waals surface area (Å²) in [5.41, 5.74) is 6.95. The summed E-state index contributed by atoms with van der Waals surface area (Å²) in [6.45, 7) is 1.40. The molecule has 0 radical (unpaired) electrons. The van der Waals surface area contributed by atoms with E-state index in [0.29, 0.717) is 19.6 Å². The molecule has 1 heterocycles. The van der Waals surface area contributed by atoms with Crippen LogP contribution in [0.4, 0.5) is 0 Å². The van der Waals surface area contributed by atoms with Crippen LogP contribution in [0.5, 0.6) is 0 Å². The maximum absolute atomic E-state index is 13.2. The molecular formula is C20H26N2O2S. The smallest absolute Gasteiger partial charge is 0.226 e. The molecule has 1 aliphatic rings. The number of benzene rings is 1. The van der Waals surface area contributed by atoms with Gasteiger partial charge in [-0.05, 0) is 42.3 Å². The summed E-state index contributed by atoms with van der Waals surface area (Å²) in [6, 6.07) is 13.8. The first kappa shape index (κ1) is 18.1. The second kappa shape index (κ2) is 8.61. The van der Waals surface area contributed by atoms with Crippen LogP contribution < -0.4 is 5.73 Å². The van der Waals surface area contributed by atoms with Gasteiger partial charge < -0.3 is 15.7 Å². The van der Waals surface area contributed by atoms with Gasteiger partial charge in [-0.2, -0.15) is 0 Å². The number of aliphatic hydroxyl groups excluding tert-OH is 1. The van der Waals surface area contributed by atoms with E-state index in [9.17, 15) is 9.90 Å². The lowest BCUT2D eigenvalue weighted by Gasteiger charge is -2.30. The fraction of sp³-hybridized carbons (Fsp3) is 0.450. The van der Waals surface area contributed by atoms with Gasteiger partial charge in [-0.15, -0.1) is 11.3 Å². The monoisotopic (exact) mass is 358 g/mol. The molecule has 0 bridgehead atoms. The zero-order valence-corrected chi connectivity index (χ0v) is 15.2. The van der Waals surface area contributed by atoms with Crippen molar-refractivity contribution in [3.63, 3.8) is 0 Å². The summed E-state index contributed by atoms with van der Waals surface area (Å²) < 4.78 is 0.